The minimum atomic E-state index is -0.505. The van der Waals surface area contributed by atoms with Crippen LogP contribution in [0.5, 0.6) is 0 Å². The number of hydrogen-bond donors (Lipinski definition) is 2. The fourth-order valence-corrected chi connectivity index (χ4v) is 2.76. The molecule has 0 saturated carbocycles. The summed E-state index contributed by atoms with van der Waals surface area (Å²) in [6, 6.07) is 4.13. The zero-order chi connectivity index (χ0) is 15.9. The van der Waals surface area contributed by atoms with Crippen LogP contribution < -0.4 is 5.32 Å². The minimum absolute atomic E-state index is 0.0602. The minimum Gasteiger partial charge on any atom is -0.444 e. The molecule has 120 valence electrons. The van der Waals surface area contributed by atoms with Crippen LogP contribution in [-0.2, 0) is 11.2 Å². The van der Waals surface area contributed by atoms with Gasteiger partial charge in [-0.3, -0.25) is 0 Å². The lowest BCUT2D eigenvalue weighted by Crippen LogP contribution is -2.42. The molecule has 1 atom stereocenters. The number of carbonyl (C=O) groups excluding carboxylic acids is 1. The van der Waals surface area contributed by atoms with E-state index in [9.17, 15) is 9.90 Å². The first-order chi connectivity index (χ1) is 9.80. The van der Waals surface area contributed by atoms with Gasteiger partial charge in [0.15, 0.2) is 0 Å². The van der Waals surface area contributed by atoms with Crippen LogP contribution in [0.4, 0.5) is 4.79 Å². The highest BCUT2D eigenvalue weighted by Gasteiger charge is 2.29. The molecule has 0 bridgehead atoms. The molecule has 1 unspecified atom stereocenters. The summed E-state index contributed by atoms with van der Waals surface area (Å²) in [5.74, 6) is 0. The van der Waals surface area contributed by atoms with Crippen molar-refractivity contribution < 1.29 is 14.6 Å². The number of aliphatic hydroxyl groups is 1. The van der Waals surface area contributed by atoms with Crippen LogP contribution in [0.15, 0.2) is 17.5 Å². The van der Waals surface area contributed by atoms with Crippen LogP contribution in [-0.4, -0.2) is 30.0 Å². The number of thiophene rings is 1. The van der Waals surface area contributed by atoms with Gasteiger partial charge < -0.3 is 15.2 Å². The van der Waals surface area contributed by atoms with E-state index in [1.54, 1.807) is 11.3 Å². The molecule has 5 heteroatoms. The maximum atomic E-state index is 11.8. The third-order valence-corrected chi connectivity index (χ3v) is 4.51. The van der Waals surface area contributed by atoms with Gasteiger partial charge in [-0.15, -0.1) is 11.3 Å². The standard InChI is InChI=1S/C16H27NO3S/c1-5-16(12-18,9-8-13-7-6-10-21-13)11-17-14(19)20-15(2,3)4/h6-7,10,18H,5,8-9,11-12H2,1-4H3,(H,17,19). The van der Waals surface area contributed by atoms with Gasteiger partial charge in [-0.05, 0) is 51.5 Å². The normalized spacial score (nSPS) is 14.5. The molecule has 1 amide bonds. The quantitative estimate of drug-likeness (QED) is 0.808. The molecule has 0 spiro atoms. The zero-order valence-corrected chi connectivity index (χ0v) is 14.3. The Morgan fingerprint density at radius 2 is 2.14 bits per heavy atom. The van der Waals surface area contributed by atoms with Crippen molar-refractivity contribution in [2.45, 2.75) is 52.6 Å². The van der Waals surface area contributed by atoms with Crippen LogP contribution in [0, 0.1) is 5.41 Å². The SMILES string of the molecule is CCC(CO)(CCc1cccs1)CNC(=O)OC(C)(C)C. The zero-order valence-electron chi connectivity index (χ0n) is 13.4. The molecule has 0 fully saturated rings. The summed E-state index contributed by atoms with van der Waals surface area (Å²) in [4.78, 5) is 13.1. The topological polar surface area (TPSA) is 58.6 Å². The summed E-state index contributed by atoms with van der Waals surface area (Å²) in [7, 11) is 0. The van der Waals surface area contributed by atoms with E-state index in [0.717, 1.165) is 19.3 Å². The van der Waals surface area contributed by atoms with E-state index in [1.807, 2.05) is 33.8 Å². The molecule has 1 aromatic rings. The number of amides is 1. The number of rotatable bonds is 7. The summed E-state index contributed by atoms with van der Waals surface area (Å²) >= 11 is 1.72. The molecule has 0 aliphatic rings. The molecule has 0 aliphatic carbocycles. The number of aryl methyl sites for hydroxylation is 1. The number of nitrogens with one attached hydrogen (secondary N) is 1. The molecule has 21 heavy (non-hydrogen) atoms. The Labute approximate surface area is 131 Å². The molecule has 0 saturated heterocycles. The smallest absolute Gasteiger partial charge is 0.407 e. The number of alkyl carbamates (subject to hydrolysis) is 1. The van der Waals surface area contributed by atoms with E-state index >= 15 is 0 Å². The van der Waals surface area contributed by atoms with Crippen molar-refractivity contribution >= 4 is 17.4 Å². The number of hydrogen-bond acceptors (Lipinski definition) is 4. The van der Waals surface area contributed by atoms with Crippen molar-refractivity contribution in [2.24, 2.45) is 5.41 Å². The second kappa shape index (κ2) is 7.80. The Bertz CT molecular complexity index is 419. The highest BCUT2D eigenvalue weighted by atomic mass is 32.1. The van der Waals surface area contributed by atoms with Crippen molar-refractivity contribution in [3.63, 3.8) is 0 Å². The molecule has 1 heterocycles. The van der Waals surface area contributed by atoms with Crippen molar-refractivity contribution in [1.29, 1.82) is 0 Å². The summed E-state index contributed by atoms with van der Waals surface area (Å²) in [6.45, 7) is 8.04. The van der Waals surface area contributed by atoms with Crippen LogP contribution in [0.25, 0.3) is 0 Å². The number of ether oxygens (including phenoxy) is 1. The summed E-state index contributed by atoms with van der Waals surface area (Å²) in [5.41, 5.74) is -0.796. The van der Waals surface area contributed by atoms with Gasteiger partial charge in [-0.25, -0.2) is 4.79 Å². The first-order valence-corrected chi connectivity index (χ1v) is 8.28. The van der Waals surface area contributed by atoms with Crippen molar-refractivity contribution in [3.05, 3.63) is 22.4 Å². The van der Waals surface area contributed by atoms with Crippen LogP contribution >= 0.6 is 11.3 Å². The Morgan fingerprint density at radius 1 is 1.43 bits per heavy atom. The predicted molar refractivity (Wildman–Crippen MR) is 86.7 cm³/mol. The van der Waals surface area contributed by atoms with E-state index in [4.69, 9.17) is 4.74 Å². The van der Waals surface area contributed by atoms with Crippen molar-refractivity contribution in [2.75, 3.05) is 13.2 Å². The van der Waals surface area contributed by atoms with E-state index in [2.05, 4.69) is 16.8 Å². The second-order valence-electron chi connectivity index (χ2n) is 6.45. The van der Waals surface area contributed by atoms with Gasteiger partial charge in [-0.1, -0.05) is 13.0 Å². The first kappa shape index (κ1) is 18.0. The van der Waals surface area contributed by atoms with Gasteiger partial charge in [0.1, 0.15) is 5.60 Å². The molecule has 4 nitrogen and oxygen atoms in total. The van der Waals surface area contributed by atoms with Crippen molar-refractivity contribution in [3.8, 4) is 0 Å². The van der Waals surface area contributed by atoms with Crippen LogP contribution in [0.2, 0.25) is 0 Å². The molecule has 1 aromatic heterocycles. The lowest BCUT2D eigenvalue weighted by atomic mass is 9.81. The summed E-state index contributed by atoms with van der Waals surface area (Å²) in [5, 5.41) is 14.6. The Morgan fingerprint density at radius 3 is 2.62 bits per heavy atom. The molecular formula is C16H27NO3S. The van der Waals surface area contributed by atoms with Crippen LogP contribution in [0.1, 0.15) is 45.4 Å². The fraction of sp³-hybridized carbons (Fsp3) is 0.688. The monoisotopic (exact) mass is 313 g/mol. The maximum Gasteiger partial charge on any atom is 0.407 e. The van der Waals surface area contributed by atoms with E-state index in [-0.39, 0.29) is 12.0 Å². The van der Waals surface area contributed by atoms with Gasteiger partial charge in [-0.2, -0.15) is 0 Å². The van der Waals surface area contributed by atoms with Gasteiger partial charge in [0.25, 0.3) is 0 Å². The Kier molecular flexibility index (Phi) is 6.68. The fourth-order valence-electron chi connectivity index (χ4n) is 2.05. The van der Waals surface area contributed by atoms with Gasteiger partial charge in [0.2, 0.25) is 0 Å². The highest BCUT2D eigenvalue weighted by Crippen LogP contribution is 2.28. The largest absolute Gasteiger partial charge is 0.444 e. The number of aliphatic hydroxyl groups excluding tert-OH is 1. The lowest BCUT2D eigenvalue weighted by Gasteiger charge is -2.31. The molecule has 0 aliphatic heterocycles. The third kappa shape index (κ3) is 6.48. The lowest BCUT2D eigenvalue weighted by molar-refractivity contribution is 0.0452. The summed E-state index contributed by atoms with van der Waals surface area (Å²) in [6.07, 6.45) is 2.15. The maximum absolute atomic E-state index is 11.8. The Balaban J connectivity index is 2.53. The number of carbonyl (C=O) groups is 1. The van der Waals surface area contributed by atoms with Crippen molar-refractivity contribution in [1.82, 2.24) is 5.32 Å². The van der Waals surface area contributed by atoms with E-state index < -0.39 is 11.7 Å². The third-order valence-electron chi connectivity index (χ3n) is 3.57. The molecule has 2 N–H and O–H groups in total. The predicted octanol–water partition coefficient (Wildman–Crippen LogP) is 3.59. The Hall–Kier alpha value is -1.07. The molecule has 0 aromatic carbocycles. The summed E-state index contributed by atoms with van der Waals surface area (Å²) < 4.78 is 5.24. The van der Waals surface area contributed by atoms with Gasteiger partial charge in [0, 0.05) is 16.8 Å². The van der Waals surface area contributed by atoms with Crippen LogP contribution in [0.3, 0.4) is 0 Å². The average Bonchev–Trinajstić information content (AvgIpc) is 2.91. The first-order valence-electron chi connectivity index (χ1n) is 7.40. The second-order valence-corrected chi connectivity index (χ2v) is 7.48. The highest BCUT2D eigenvalue weighted by molar-refractivity contribution is 7.09. The van der Waals surface area contributed by atoms with Gasteiger partial charge in [0.05, 0.1) is 6.61 Å². The molecule has 0 radical (unpaired) electrons. The van der Waals surface area contributed by atoms with Gasteiger partial charge >= 0.3 is 6.09 Å². The molecule has 1 rings (SSSR count). The van der Waals surface area contributed by atoms with E-state index in [1.165, 1.54) is 4.88 Å². The molecular weight excluding hydrogens is 286 g/mol. The van der Waals surface area contributed by atoms with E-state index in [0.29, 0.717) is 6.54 Å². The average molecular weight is 313 g/mol.